The molecule has 0 radical (unpaired) electrons. The molecular weight excluding hydrogens is 241 g/mol. The number of Topliss-reactive ketones (excluding diaryl/α,β-unsaturated/α-hetero) is 1. The largest absolute Gasteiger partial charge is 0.443 e. The molecule has 1 aromatic heterocycles. The first-order valence-electron chi connectivity index (χ1n) is 4.61. The molecule has 0 aliphatic rings. The summed E-state index contributed by atoms with van der Waals surface area (Å²) in [6, 6.07) is 0. The normalized spacial score (nSPS) is 13.8. The van der Waals surface area contributed by atoms with Gasteiger partial charge in [-0.2, -0.15) is 13.2 Å². The molecule has 90 valence electrons. The molecule has 1 heterocycles. The predicted octanol–water partition coefficient (Wildman–Crippen LogP) is 2.33. The highest BCUT2D eigenvalue weighted by Crippen LogP contribution is 2.32. The fraction of sp³-hybridized carbons (Fsp3) is 0.556. The van der Waals surface area contributed by atoms with Gasteiger partial charge < -0.3 is 5.73 Å². The van der Waals surface area contributed by atoms with Crippen LogP contribution in [0.25, 0.3) is 0 Å². The second kappa shape index (κ2) is 4.92. The van der Waals surface area contributed by atoms with Gasteiger partial charge in [-0.15, -0.1) is 11.3 Å². The molecule has 0 aliphatic heterocycles. The van der Waals surface area contributed by atoms with Gasteiger partial charge >= 0.3 is 6.18 Å². The number of ketones is 1. The first-order valence-corrected chi connectivity index (χ1v) is 5.42. The quantitative estimate of drug-likeness (QED) is 0.837. The lowest BCUT2D eigenvalue weighted by molar-refractivity contribution is -0.137. The number of aromatic nitrogens is 1. The number of halogens is 3. The highest BCUT2D eigenvalue weighted by atomic mass is 32.1. The van der Waals surface area contributed by atoms with E-state index in [2.05, 4.69) is 4.98 Å². The summed E-state index contributed by atoms with van der Waals surface area (Å²) in [6.45, 7) is 2.10. The van der Waals surface area contributed by atoms with Gasteiger partial charge in [-0.1, -0.05) is 6.92 Å². The summed E-state index contributed by atoms with van der Waals surface area (Å²) >= 11 is 0.374. The van der Waals surface area contributed by atoms with E-state index in [0.29, 0.717) is 17.9 Å². The zero-order valence-electron chi connectivity index (χ0n) is 8.54. The number of nitrogens with two attached hydrogens (primary N) is 1. The Balaban J connectivity index is 2.75. The van der Waals surface area contributed by atoms with Crippen LogP contribution in [0.4, 0.5) is 13.2 Å². The molecular formula is C9H11F3N2OS. The Morgan fingerprint density at radius 3 is 2.69 bits per heavy atom. The Morgan fingerprint density at radius 1 is 1.62 bits per heavy atom. The number of thiazole rings is 1. The lowest BCUT2D eigenvalue weighted by Crippen LogP contribution is -2.14. The van der Waals surface area contributed by atoms with Crippen molar-refractivity contribution in [1.29, 1.82) is 0 Å². The van der Waals surface area contributed by atoms with Crippen molar-refractivity contribution in [3.63, 3.8) is 0 Å². The summed E-state index contributed by atoms with van der Waals surface area (Å²) in [6.07, 6.45) is -3.36. The van der Waals surface area contributed by atoms with Gasteiger partial charge in [-0.25, -0.2) is 4.98 Å². The zero-order chi connectivity index (χ0) is 12.3. The zero-order valence-corrected chi connectivity index (χ0v) is 9.36. The van der Waals surface area contributed by atoms with E-state index in [1.54, 1.807) is 6.92 Å². The molecule has 1 rings (SSSR count). The van der Waals surface area contributed by atoms with E-state index in [1.807, 2.05) is 0 Å². The number of carbonyl (C=O) groups excluding carboxylic acids is 1. The van der Waals surface area contributed by atoms with Crippen LogP contribution in [0, 0.1) is 5.92 Å². The van der Waals surface area contributed by atoms with Crippen molar-refractivity contribution in [2.45, 2.75) is 19.5 Å². The standard InChI is InChI=1S/C9H11F3N2OS/c1-5(3-13)2-6(15)7-4-14-8(16-7)9(10,11)12/h4-5H,2-3,13H2,1H3. The van der Waals surface area contributed by atoms with Gasteiger partial charge in [0.15, 0.2) is 10.8 Å². The number of alkyl halides is 3. The maximum absolute atomic E-state index is 12.2. The molecule has 0 amide bonds. The summed E-state index contributed by atoms with van der Waals surface area (Å²) in [7, 11) is 0. The fourth-order valence-corrected chi connectivity index (χ4v) is 1.77. The molecule has 0 aliphatic carbocycles. The molecule has 0 saturated carbocycles. The fourth-order valence-electron chi connectivity index (χ4n) is 1.03. The average molecular weight is 252 g/mol. The van der Waals surface area contributed by atoms with Crippen LogP contribution >= 0.6 is 11.3 Å². The van der Waals surface area contributed by atoms with E-state index >= 15 is 0 Å². The van der Waals surface area contributed by atoms with Crippen molar-refractivity contribution >= 4 is 17.1 Å². The molecule has 2 N–H and O–H groups in total. The highest BCUT2D eigenvalue weighted by molar-refractivity contribution is 7.13. The average Bonchev–Trinajstić information content (AvgIpc) is 2.65. The van der Waals surface area contributed by atoms with Gasteiger partial charge in [-0.3, -0.25) is 4.79 Å². The topological polar surface area (TPSA) is 56.0 Å². The molecule has 16 heavy (non-hydrogen) atoms. The lowest BCUT2D eigenvalue weighted by Gasteiger charge is -2.04. The minimum Gasteiger partial charge on any atom is -0.330 e. The molecule has 3 nitrogen and oxygen atoms in total. The second-order valence-corrected chi connectivity index (χ2v) is 4.53. The van der Waals surface area contributed by atoms with Crippen molar-refractivity contribution in [2.24, 2.45) is 11.7 Å². The molecule has 7 heteroatoms. The maximum Gasteiger partial charge on any atom is 0.443 e. The molecule has 0 bridgehead atoms. The van der Waals surface area contributed by atoms with E-state index in [4.69, 9.17) is 5.73 Å². The summed E-state index contributed by atoms with van der Waals surface area (Å²) in [4.78, 5) is 14.7. The van der Waals surface area contributed by atoms with Crippen LogP contribution in [-0.4, -0.2) is 17.3 Å². The first-order chi connectivity index (χ1) is 7.34. The van der Waals surface area contributed by atoms with Gasteiger partial charge in [0.2, 0.25) is 0 Å². The minimum absolute atomic E-state index is 0.0348. The van der Waals surface area contributed by atoms with Crippen LogP contribution in [0.1, 0.15) is 28.0 Å². The van der Waals surface area contributed by atoms with E-state index < -0.39 is 11.2 Å². The first kappa shape index (κ1) is 13.1. The molecule has 0 fully saturated rings. The van der Waals surface area contributed by atoms with E-state index in [-0.39, 0.29) is 23.0 Å². The minimum atomic E-state index is -4.48. The molecule has 0 saturated heterocycles. The Kier molecular flexibility index (Phi) is 4.03. The van der Waals surface area contributed by atoms with Crippen LogP contribution in [0.2, 0.25) is 0 Å². The third kappa shape index (κ3) is 3.28. The second-order valence-electron chi connectivity index (χ2n) is 3.50. The molecule has 0 spiro atoms. The van der Waals surface area contributed by atoms with Crippen LogP contribution in [0.5, 0.6) is 0 Å². The maximum atomic E-state index is 12.2. The Hall–Kier alpha value is -0.950. The van der Waals surface area contributed by atoms with Crippen LogP contribution < -0.4 is 5.73 Å². The summed E-state index contributed by atoms with van der Waals surface area (Å²) in [5.41, 5.74) is 5.33. The van der Waals surface area contributed by atoms with Crippen molar-refractivity contribution in [2.75, 3.05) is 6.54 Å². The van der Waals surface area contributed by atoms with Gasteiger partial charge in [0, 0.05) is 12.6 Å². The van der Waals surface area contributed by atoms with E-state index in [9.17, 15) is 18.0 Å². The van der Waals surface area contributed by atoms with Gasteiger partial charge in [-0.05, 0) is 12.5 Å². The van der Waals surface area contributed by atoms with Crippen molar-refractivity contribution in [1.82, 2.24) is 4.98 Å². The number of hydrogen-bond donors (Lipinski definition) is 1. The Labute approximate surface area is 94.5 Å². The van der Waals surface area contributed by atoms with E-state index in [1.165, 1.54) is 0 Å². The number of nitrogens with zero attached hydrogens (tertiary/aromatic N) is 1. The summed E-state index contributed by atoms with van der Waals surface area (Å²) in [5.74, 6) is -0.380. The van der Waals surface area contributed by atoms with E-state index in [0.717, 1.165) is 6.20 Å². The van der Waals surface area contributed by atoms with Crippen LogP contribution in [0.3, 0.4) is 0 Å². The molecule has 1 atom stereocenters. The number of hydrogen-bond acceptors (Lipinski definition) is 4. The lowest BCUT2D eigenvalue weighted by atomic mass is 10.1. The van der Waals surface area contributed by atoms with Crippen LogP contribution in [-0.2, 0) is 6.18 Å². The van der Waals surface area contributed by atoms with Gasteiger partial charge in [0.1, 0.15) is 0 Å². The van der Waals surface area contributed by atoms with Crippen molar-refractivity contribution in [3.8, 4) is 0 Å². The SMILES string of the molecule is CC(CN)CC(=O)c1cnc(C(F)(F)F)s1. The molecule has 1 unspecified atom stereocenters. The van der Waals surface area contributed by atoms with Crippen molar-refractivity contribution < 1.29 is 18.0 Å². The third-order valence-electron chi connectivity index (χ3n) is 1.96. The van der Waals surface area contributed by atoms with Crippen molar-refractivity contribution in [3.05, 3.63) is 16.1 Å². The van der Waals surface area contributed by atoms with Gasteiger partial charge in [0.05, 0.1) is 4.88 Å². The summed E-state index contributed by atoms with van der Waals surface area (Å²) < 4.78 is 36.6. The Bertz CT molecular complexity index is 375. The van der Waals surface area contributed by atoms with Gasteiger partial charge in [0.25, 0.3) is 0 Å². The predicted molar refractivity (Wildman–Crippen MR) is 54.3 cm³/mol. The molecule has 0 aromatic carbocycles. The third-order valence-corrected chi connectivity index (χ3v) is 3.04. The number of carbonyl (C=O) groups is 1. The van der Waals surface area contributed by atoms with Crippen LogP contribution in [0.15, 0.2) is 6.20 Å². The highest BCUT2D eigenvalue weighted by Gasteiger charge is 2.35. The molecule has 1 aromatic rings. The number of rotatable bonds is 4. The summed E-state index contributed by atoms with van der Waals surface area (Å²) in [5, 5.41) is -0.990. The monoisotopic (exact) mass is 252 g/mol. The smallest absolute Gasteiger partial charge is 0.330 e. The Morgan fingerprint density at radius 2 is 2.25 bits per heavy atom.